The molecule has 3 heteroatoms. The highest BCUT2D eigenvalue weighted by Gasteiger charge is 2.19. The van der Waals surface area contributed by atoms with E-state index >= 15 is 0 Å². The lowest BCUT2D eigenvalue weighted by Crippen LogP contribution is -2.35. The second-order valence-electron chi connectivity index (χ2n) is 7.13. The first kappa shape index (κ1) is 17.4. The van der Waals surface area contributed by atoms with Gasteiger partial charge in [-0.2, -0.15) is 0 Å². The Labute approximate surface area is 133 Å². The van der Waals surface area contributed by atoms with Crippen LogP contribution in [0.25, 0.3) is 0 Å². The molecule has 0 aliphatic carbocycles. The summed E-state index contributed by atoms with van der Waals surface area (Å²) in [5.74, 6) is -0.0568. The van der Waals surface area contributed by atoms with Crippen molar-refractivity contribution >= 4 is 0 Å². The zero-order valence-corrected chi connectivity index (χ0v) is 14.0. The molecule has 1 heterocycles. The number of benzene rings is 1. The minimum absolute atomic E-state index is 0.608. The third-order valence-electron chi connectivity index (χ3n) is 4.72. The molecule has 0 spiro atoms. The first-order valence-corrected chi connectivity index (χ1v) is 8.71. The van der Waals surface area contributed by atoms with Gasteiger partial charge in [-0.05, 0) is 74.8 Å². The van der Waals surface area contributed by atoms with Crippen LogP contribution in [0.15, 0.2) is 18.2 Å². The zero-order valence-electron chi connectivity index (χ0n) is 14.0. The number of hydrogen-bond acceptors (Lipinski definition) is 1. The molecule has 1 aromatic carbocycles. The van der Waals surface area contributed by atoms with Gasteiger partial charge < -0.3 is 4.90 Å². The minimum atomic E-state index is -0.750. The highest BCUT2D eigenvalue weighted by atomic mass is 19.2. The van der Waals surface area contributed by atoms with E-state index in [0.29, 0.717) is 5.92 Å². The summed E-state index contributed by atoms with van der Waals surface area (Å²) in [4.78, 5) is 2.56. The number of hydrogen-bond donors (Lipinski definition) is 0. The van der Waals surface area contributed by atoms with Crippen molar-refractivity contribution in [3.8, 4) is 0 Å². The number of rotatable bonds is 7. The van der Waals surface area contributed by atoms with Crippen molar-refractivity contribution in [3.63, 3.8) is 0 Å². The predicted octanol–water partition coefficient (Wildman–Crippen LogP) is 5.05. The van der Waals surface area contributed by atoms with Crippen molar-refractivity contribution in [2.24, 2.45) is 11.8 Å². The predicted molar refractivity (Wildman–Crippen MR) is 87.9 cm³/mol. The average molecular weight is 309 g/mol. The Morgan fingerprint density at radius 3 is 2.45 bits per heavy atom. The molecule has 124 valence electrons. The van der Waals surface area contributed by atoms with Crippen LogP contribution < -0.4 is 0 Å². The largest absolute Gasteiger partial charge is 0.303 e. The van der Waals surface area contributed by atoms with Crippen molar-refractivity contribution in [1.82, 2.24) is 4.90 Å². The van der Waals surface area contributed by atoms with Crippen molar-refractivity contribution in [2.75, 3.05) is 19.6 Å². The van der Waals surface area contributed by atoms with Crippen LogP contribution in [0, 0.1) is 23.5 Å². The van der Waals surface area contributed by atoms with Crippen LogP contribution in [0.5, 0.6) is 0 Å². The van der Waals surface area contributed by atoms with Gasteiger partial charge in [0.2, 0.25) is 0 Å². The third kappa shape index (κ3) is 5.68. The lowest BCUT2D eigenvalue weighted by molar-refractivity contribution is 0.180. The second-order valence-corrected chi connectivity index (χ2v) is 7.13. The number of piperidine rings is 1. The Balaban J connectivity index is 1.67. The van der Waals surface area contributed by atoms with Crippen LogP contribution in [-0.2, 0) is 6.42 Å². The zero-order chi connectivity index (χ0) is 15.9. The van der Waals surface area contributed by atoms with E-state index in [9.17, 15) is 8.78 Å². The van der Waals surface area contributed by atoms with Crippen LogP contribution in [-0.4, -0.2) is 24.5 Å². The van der Waals surface area contributed by atoms with Gasteiger partial charge in [-0.25, -0.2) is 8.78 Å². The van der Waals surface area contributed by atoms with Crippen LogP contribution in [0.1, 0.15) is 51.5 Å². The van der Waals surface area contributed by atoms with Gasteiger partial charge in [0.25, 0.3) is 0 Å². The molecule has 0 atom stereocenters. The Morgan fingerprint density at radius 1 is 1.09 bits per heavy atom. The summed E-state index contributed by atoms with van der Waals surface area (Å²) in [6.07, 6.45) is 7.16. The fraction of sp³-hybridized carbons (Fsp3) is 0.684. The monoisotopic (exact) mass is 309 g/mol. The topological polar surface area (TPSA) is 3.24 Å². The average Bonchev–Trinajstić information content (AvgIpc) is 2.49. The van der Waals surface area contributed by atoms with Gasteiger partial charge in [-0.1, -0.05) is 32.8 Å². The third-order valence-corrected chi connectivity index (χ3v) is 4.72. The summed E-state index contributed by atoms with van der Waals surface area (Å²) in [6.45, 7) is 8.07. The molecule has 2 rings (SSSR count). The molecular weight excluding hydrogens is 280 g/mol. The second kappa shape index (κ2) is 8.61. The SMILES string of the molecule is CC(C)CCCCN1CCC(Cc2ccc(F)c(F)c2)CC1. The molecular formula is C19H29F2N. The molecule has 0 bridgehead atoms. The first-order chi connectivity index (χ1) is 10.5. The van der Waals surface area contributed by atoms with E-state index in [2.05, 4.69) is 18.7 Å². The summed E-state index contributed by atoms with van der Waals surface area (Å²) >= 11 is 0. The van der Waals surface area contributed by atoms with Crippen molar-refractivity contribution < 1.29 is 8.78 Å². The smallest absolute Gasteiger partial charge is 0.159 e. The van der Waals surface area contributed by atoms with Crippen LogP contribution in [0.4, 0.5) is 8.78 Å². The first-order valence-electron chi connectivity index (χ1n) is 8.71. The lowest BCUT2D eigenvalue weighted by Gasteiger charge is -2.32. The molecule has 0 unspecified atom stereocenters. The van der Waals surface area contributed by atoms with Gasteiger partial charge in [0.1, 0.15) is 0 Å². The van der Waals surface area contributed by atoms with E-state index in [4.69, 9.17) is 0 Å². The molecule has 1 fully saturated rings. The van der Waals surface area contributed by atoms with Crippen molar-refractivity contribution in [2.45, 2.75) is 52.4 Å². The van der Waals surface area contributed by atoms with Crippen molar-refractivity contribution in [3.05, 3.63) is 35.4 Å². The molecule has 1 aliphatic heterocycles. The Hall–Kier alpha value is -0.960. The van der Waals surface area contributed by atoms with E-state index in [0.717, 1.165) is 31.0 Å². The van der Waals surface area contributed by atoms with E-state index < -0.39 is 11.6 Å². The molecule has 0 radical (unpaired) electrons. The van der Waals surface area contributed by atoms with E-state index in [-0.39, 0.29) is 0 Å². The van der Waals surface area contributed by atoms with Gasteiger partial charge in [-0.3, -0.25) is 0 Å². The van der Waals surface area contributed by atoms with E-state index in [1.165, 1.54) is 50.8 Å². The normalized spacial score (nSPS) is 17.3. The molecule has 1 aromatic rings. The van der Waals surface area contributed by atoms with Gasteiger partial charge in [0.15, 0.2) is 11.6 Å². The minimum Gasteiger partial charge on any atom is -0.303 e. The molecule has 0 N–H and O–H groups in total. The van der Waals surface area contributed by atoms with E-state index in [1.54, 1.807) is 6.07 Å². The maximum absolute atomic E-state index is 13.2. The molecule has 22 heavy (non-hydrogen) atoms. The van der Waals surface area contributed by atoms with Crippen LogP contribution >= 0.6 is 0 Å². The lowest BCUT2D eigenvalue weighted by atomic mass is 9.90. The standard InChI is InChI=1S/C19H29F2N/c1-15(2)5-3-4-10-22-11-8-16(9-12-22)13-17-6-7-18(20)19(21)14-17/h6-7,14-16H,3-5,8-13H2,1-2H3. The summed E-state index contributed by atoms with van der Waals surface area (Å²) in [7, 11) is 0. The molecule has 1 aliphatic rings. The Bertz CT molecular complexity index is 451. The number of halogens is 2. The molecule has 1 saturated heterocycles. The van der Waals surface area contributed by atoms with Gasteiger partial charge in [0, 0.05) is 0 Å². The van der Waals surface area contributed by atoms with Gasteiger partial charge in [0.05, 0.1) is 0 Å². The number of likely N-dealkylation sites (tertiary alicyclic amines) is 1. The summed E-state index contributed by atoms with van der Waals surface area (Å²) in [5, 5.41) is 0. The van der Waals surface area contributed by atoms with Crippen LogP contribution in [0.3, 0.4) is 0 Å². The number of nitrogens with zero attached hydrogens (tertiary/aromatic N) is 1. The summed E-state index contributed by atoms with van der Waals surface area (Å²) < 4.78 is 26.2. The molecule has 0 saturated carbocycles. The fourth-order valence-corrected chi connectivity index (χ4v) is 3.30. The molecule has 0 amide bonds. The van der Waals surface area contributed by atoms with Gasteiger partial charge >= 0.3 is 0 Å². The van der Waals surface area contributed by atoms with Crippen LogP contribution in [0.2, 0.25) is 0 Å². The number of unbranched alkanes of at least 4 members (excludes halogenated alkanes) is 1. The maximum Gasteiger partial charge on any atom is 0.159 e. The van der Waals surface area contributed by atoms with Crippen molar-refractivity contribution in [1.29, 1.82) is 0 Å². The quantitative estimate of drug-likeness (QED) is 0.637. The molecule has 1 nitrogen and oxygen atoms in total. The molecule has 0 aromatic heterocycles. The van der Waals surface area contributed by atoms with Gasteiger partial charge in [-0.15, -0.1) is 0 Å². The summed E-state index contributed by atoms with van der Waals surface area (Å²) in [5.41, 5.74) is 0.925. The Morgan fingerprint density at radius 2 is 1.82 bits per heavy atom. The highest BCUT2D eigenvalue weighted by Crippen LogP contribution is 2.23. The summed E-state index contributed by atoms with van der Waals surface area (Å²) in [6, 6.07) is 4.32. The highest BCUT2D eigenvalue weighted by molar-refractivity contribution is 5.18. The fourth-order valence-electron chi connectivity index (χ4n) is 3.30. The Kier molecular flexibility index (Phi) is 6.81. The van der Waals surface area contributed by atoms with E-state index in [1.807, 2.05) is 0 Å². The maximum atomic E-state index is 13.2.